The highest BCUT2D eigenvalue weighted by molar-refractivity contribution is 6.21. The zero-order valence-corrected chi connectivity index (χ0v) is 25.1. The van der Waals surface area contributed by atoms with E-state index in [2.05, 4.69) is 181 Å². The molecule has 2 nitrogen and oxygen atoms in total. The monoisotopic (exact) mass is 587 g/mol. The van der Waals surface area contributed by atoms with Gasteiger partial charge in [-0.25, -0.2) is 0 Å². The van der Waals surface area contributed by atoms with Crippen molar-refractivity contribution in [1.82, 2.24) is 0 Å². The van der Waals surface area contributed by atoms with Gasteiger partial charge in [0.2, 0.25) is 0 Å². The van der Waals surface area contributed by atoms with Crippen molar-refractivity contribution < 1.29 is 4.42 Å². The standard InChI is InChI=1S/C44H29NO/c1-3-11-30(12-4-1)32-19-23-36(24-20-32)45(37-25-21-31-13-7-8-17-35(31)27-37)38-28-40(33-14-5-2-6-15-33)44-41(29-38)43-39-18-10-9-16-34(39)22-26-42(43)46-44/h1-29H. The van der Waals surface area contributed by atoms with Crippen LogP contribution >= 0.6 is 0 Å². The number of anilines is 3. The normalized spacial score (nSPS) is 11.5. The molecule has 0 unspecified atom stereocenters. The first-order valence-corrected chi connectivity index (χ1v) is 15.7. The topological polar surface area (TPSA) is 16.4 Å². The summed E-state index contributed by atoms with van der Waals surface area (Å²) < 4.78 is 6.70. The van der Waals surface area contributed by atoms with Gasteiger partial charge in [0.05, 0.1) is 0 Å². The largest absolute Gasteiger partial charge is 0.455 e. The summed E-state index contributed by atoms with van der Waals surface area (Å²) in [5.41, 5.74) is 9.65. The molecule has 0 bridgehead atoms. The Morgan fingerprint density at radius 1 is 0.370 bits per heavy atom. The zero-order chi connectivity index (χ0) is 30.5. The maximum Gasteiger partial charge on any atom is 0.143 e. The Hall–Kier alpha value is -6.12. The smallest absolute Gasteiger partial charge is 0.143 e. The summed E-state index contributed by atoms with van der Waals surface area (Å²) >= 11 is 0. The van der Waals surface area contributed by atoms with Gasteiger partial charge in [-0.05, 0) is 80.7 Å². The first kappa shape index (κ1) is 26.3. The minimum absolute atomic E-state index is 0.896. The summed E-state index contributed by atoms with van der Waals surface area (Å²) in [5.74, 6) is 0. The van der Waals surface area contributed by atoms with Crippen molar-refractivity contribution in [2.45, 2.75) is 0 Å². The van der Waals surface area contributed by atoms with Gasteiger partial charge in [-0.1, -0.05) is 133 Å². The predicted molar refractivity (Wildman–Crippen MR) is 194 cm³/mol. The highest BCUT2D eigenvalue weighted by Crippen LogP contribution is 2.45. The van der Waals surface area contributed by atoms with Crippen LogP contribution in [0.3, 0.4) is 0 Å². The molecule has 0 spiro atoms. The van der Waals surface area contributed by atoms with Gasteiger partial charge in [0.15, 0.2) is 0 Å². The second-order valence-corrected chi connectivity index (χ2v) is 11.8. The third-order valence-corrected chi connectivity index (χ3v) is 9.01. The fourth-order valence-electron chi connectivity index (χ4n) is 6.79. The third-order valence-electron chi connectivity index (χ3n) is 9.01. The fourth-order valence-corrected chi connectivity index (χ4v) is 6.79. The quantitative estimate of drug-likeness (QED) is 0.199. The van der Waals surface area contributed by atoms with E-state index in [-0.39, 0.29) is 0 Å². The number of hydrogen-bond acceptors (Lipinski definition) is 2. The minimum atomic E-state index is 0.896. The average Bonchev–Trinajstić information content (AvgIpc) is 3.52. The Balaban J connectivity index is 1.33. The van der Waals surface area contributed by atoms with Crippen LogP contribution in [0.2, 0.25) is 0 Å². The molecule has 1 heterocycles. The average molecular weight is 588 g/mol. The van der Waals surface area contributed by atoms with Crippen molar-refractivity contribution in [2.24, 2.45) is 0 Å². The molecule has 0 aliphatic heterocycles. The van der Waals surface area contributed by atoms with Gasteiger partial charge in [-0.2, -0.15) is 0 Å². The summed E-state index contributed by atoms with van der Waals surface area (Å²) in [6, 6.07) is 62.7. The summed E-state index contributed by atoms with van der Waals surface area (Å²) in [5, 5.41) is 7.07. The Labute approximate surface area is 267 Å². The van der Waals surface area contributed by atoms with Crippen LogP contribution in [0.5, 0.6) is 0 Å². The number of fused-ring (bicyclic) bond motifs is 6. The lowest BCUT2D eigenvalue weighted by atomic mass is 9.98. The molecule has 0 saturated carbocycles. The summed E-state index contributed by atoms with van der Waals surface area (Å²) in [7, 11) is 0. The molecule has 8 aromatic carbocycles. The summed E-state index contributed by atoms with van der Waals surface area (Å²) in [6.45, 7) is 0. The van der Waals surface area contributed by atoms with E-state index in [1.165, 1.54) is 32.7 Å². The lowest BCUT2D eigenvalue weighted by molar-refractivity contribution is 0.670. The SMILES string of the molecule is c1ccc(-c2ccc(N(c3ccc4ccccc4c3)c3cc(-c4ccccc4)c4oc5ccc6ccccc6c5c4c3)cc2)cc1. The van der Waals surface area contributed by atoms with Crippen LogP contribution in [-0.2, 0) is 0 Å². The van der Waals surface area contributed by atoms with E-state index in [4.69, 9.17) is 4.42 Å². The predicted octanol–water partition coefficient (Wildman–Crippen LogP) is 12.7. The second-order valence-electron chi connectivity index (χ2n) is 11.8. The van der Waals surface area contributed by atoms with E-state index in [9.17, 15) is 0 Å². The maximum absolute atomic E-state index is 6.70. The van der Waals surface area contributed by atoms with Gasteiger partial charge >= 0.3 is 0 Å². The molecule has 0 N–H and O–H groups in total. The van der Waals surface area contributed by atoms with Crippen molar-refractivity contribution in [3.8, 4) is 22.3 Å². The van der Waals surface area contributed by atoms with E-state index in [1.807, 2.05) is 0 Å². The molecule has 1 aromatic heterocycles. The number of hydrogen-bond donors (Lipinski definition) is 0. The molecular weight excluding hydrogens is 558 g/mol. The van der Waals surface area contributed by atoms with E-state index in [0.717, 1.165) is 50.1 Å². The summed E-state index contributed by atoms with van der Waals surface area (Å²) in [4.78, 5) is 2.37. The molecular formula is C44H29NO. The van der Waals surface area contributed by atoms with Crippen molar-refractivity contribution in [3.63, 3.8) is 0 Å². The van der Waals surface area contributed by atoms with Crippen LogP contribution in [0, 0.1) is 0 Å². The van der Waals surface area contributed by atoms with Crippen molar-refractivity contribution >= 4 is 60.5 Å². The van der Waals surface area contributed by atoms with Gasteiger partial charge in [0.25, 0.3) is 0 Å². The van der Waals surface area contributed by atoms with Crippen molar-refractivity contribution in [1.29, 1.82) is 0 Å². The molecule has 0 radical (unpaired) electrons. The Bertz CT molecular complexity index is 2510. The van der Waals surface area contributed by atoms with Gasteiger partial charge in [0.1, 0.15) is 11.2 Å². The Morgan fingerprint density at radius 2 is 0.978 bits per heavy atom. The highest BCUT2D eigenvalue weighted by atomic mass is 16.3. The lowest BCUT2D eigenvalue weighted by Crippen LogP contribution is -2.10. The number of benzene rings is 8. The number of rotatable bonds is 5. The number of nitrogens with zero attached hydrogens (tertiary/aromatic N) is 1. The van der Waals surface area contributed by atoms with Gasteiger partial charge in [0, 0.05) is 33.4 Å². The fraction of sp³-hybridized carbons (Fsp3) is 0. The van der Waals surface area contributed by atoms with Crippen LogP contribution in [-0.4, -0.2) is 0 Å². The molecule has 46 heavy (non-hydrogen) atoms. The molecule has 2 heteroatoms. The van der Waals surface area contributed by atoms with Crippen LogP contribution in [0.1, 0.15) is 0 Å². The van der Waals surface area contributed by atoms with Gasteiger partial charge < -0.3 is 9.32 Å². The Kier molecular flexibility index (Phi) is 6.17. The summed E-state index contributed by atoms with van der Waals surface area (Å²) in [6.07, 6.45) is 0. The molecule has 0 aliphatic carbocycles. The molecule has 0 saturated heterocycles. The van der Waals surface area contributed by atoms with Crippen LogP contribution in [0.4, 0.5) is 17.1 Å². The highest BCUT2D eigenvalue weighted by Gasteiger charge is 2.21. The van der Waals surface area contributed by atoms with Crippen molar-refractivity contribution in [2.75, 3.05) is 4.90 Å². The third kappa shape index (κ3) is 4.43. The minimum Gasteiger partial charge on any atom is -0.455 e. The molecule has 0 amide bonds. The van der Waals surface area contributed by atoms with Crippen LogP contribution in [0.15, 0.2) is 180 Å². The molecule has 0 aliphatic rings. The molecule has 216 valence electrons. The van der Waals surface area contributed by atoms with E-state index >= 15 is 0 Å². The zero-order valence-electron chi connectivity index (χ0n) is 25.1. The molecule has 9 aromatic rings. The Morgan fingerprint density at radius 3 is 1.76 bits per heavy atom. The van der Waals surface area contributed by atoms with E-state index in [1.54, 1.807) is 0 Å². The van der Waals surface area contributed by atoms with Gasteiger partial charge in [-0.3, -0.25) is 0 Å². The van der Waals surface area contributed by atoms with E-state index < -0.39 is 0 Å². The van der Waals surface area contributed by atoms with E-state index in [0.29, 0.717) is 0 Å². The van der Waals surface area contributed by atoms with Crippen LogP contribution < -0.4 is 4.90 Å². The van der Waals surface area contributed by atoms with Crippen molar-refractivity contribution in [3.05, 3.63) is 176 Å². The number of furan rings is 1. The molecule has 0 atom stereocenters. The molecule has 0 fully saturated rings. The maximum atomic E-state index is 6.70. The lowest BCUT2D eigenvalue weighted by Gasteiger charge is -2.27. The first-order valence-electron chi connectivity index (χ1n) is 15.7. The second kappa shape index (κ2) is 10.8. The van der Waals surface area contributed by atoms with Gasteiger partial charge in [-0.15, -0.1) is 0 Å². The molecule has 9 rings (SSSR count). The van der Waals surface area contributed by atoms with Crippen LogP contribution in [0.25, 0.3) is 65.7 Å². The first-order chi connectivity index (χ1) is 22.8.